The van der Waals surface area contributed by atoms with Crippen LogP contribution >= 0.6 is 0 Å². The van der Waals surface area contributed by atoms with Crippen molar-refractivity contribution in [1.29, 1.82) is 0 Å². The summed E-state index contributed by atoms with van der Waals surface area (Å²) in [6.45, 7) is 4.98. The maximum Gasteiger partial charge on any atom is 0.255 e. The largest absolute Gasteiger partial charge is 0.488 e. The number of hydrogen-bond donors (Lipinski definition) is 2. The van der Waals surface area contributed by atoms with Crippen molar-refractivity contribution in [2.75, 3.05) is 0 Å². The molecule has 0 fully saturated rings. The molecule has 1 unspecified atom stereocenters. The predicted molar refractivity (Wildman–Crippen MR) is 145 cm³/mol. The summed E-state index contributed by atoms with van der Waals surface area (Å²) in [7, 11) is 0. The fraction of sp³-hybridized carbons (Fsp3) is 0.226. The van der Waals surface area contributed by atoms with E-state index in [-0.39, 0.29) is 17.9 Å². The number of aromatic nitrogens is 2. The number of nitrogens with zero attached hydrogens (tertiary/aromatic N) is 1. The number of carbonyl (C=O) groups excluding carboxylic acids is 1. The van der Waals surface area contributed by atoms with Crippen LogP contribution in [-0.4, -0.2) is 22.1 Å². The molecule has 5 rings (SSSR count). The van der Waals surface area contributed by atoms with Gasteiger partial charge in [0.25, 0.3) is 5.91 Å². The van der Waals surface area contributed by atoms with Crippen molar-refractivity contribution < 1.29 is 14.3 Å². The van der Waals surface area contributed by atoms with E-state index in [0.29, 0.717) is 30.9 Å². The Morgan fingerprint density at radius 2 is 1.62 bits per heavy atom. The van der Waals surface area contributed by atoms with E-state index >= 15 is 0 Å². The number of rotatable bonds is 9. The second kappa shape index (κ2) is 11.2. The highest BCUT2D eigenvalue weighted by Gasteiger charge is 2.22. The molecule has 0 saturated heterocycles. The molecule has 3 aromatic carbocycles. The normalized spacial score (nSPS) is 14.3. The number of H-pyrrole nitrogens is 1. The van der Waals surface area contributed by atoms with Gasteiger partial charge in [-0.15, -0.1) is 0 Å². The number of fused-ring (bicyclic) bond motifs is 1. The number of aromatic amines is 1. The maximum atomic E-state index is 13.6. The van der Waals surface area contributed by atoms with Crippen LogP contribution in [0.5, 0.6) is 11.5 Å². The van der Waals surface area contributed by atoms with Gasteiger partial charge < -0.3 is 14.8 Å². The van der Waals surface area contributed by atoms with Crippen molar-refractivity contribution in [3.63, 3.8) is 0 Å². The number of benzene rings is 3. The second-order valence-corrected chi connectivity index (χ2v) is 9.51. The monoisotopic (exact) mass is 493 g/mol. The molecule has 0 aliphatic heterocycles. The Morgan fingerprint density at radius 3 is 2.27 bits per heavy atom. The third-order valence-electron chi connectivity index (χ3n) is 6.43. The fourth-order valence-electron chi connectivity index (χ4n) is 4.40. The van der Waals surface area contributed by atoms with Gasteiger partial charge in [0.1, 0.15) is 24.7 Å². The minimum absolute atomic E-state index is 0.129. The minimum atomic E-state index is -0.179. The first-order chi connectivity index (χ1) is 18.1. The van der Waals surface area contributed by atoms with Crippen LogP contribution in [0.4, 0.5) is 0 Å². The van der Waals surface area contributed by atoms with Crippen molar-refractivity contribution in [2.45, 2.75) is 45.4 Å². The van der Waals surface area contributed by atoms with E-state index in [9.17, 15) is 4.79 Å². The van der Waals surface area contributed by atoms with Crippen molar-refractivity contribution >= 4 is 18.1 Å². The van der Waals surface area contributed by atoms with Gasteiger partial charge >= 0.3 is 0 Å². The van der Waals surface area contributed by atoms with Gasteiger partial charge in [0.05, 0.1) is 23.2 Å². The van der Waals surface area contributed by atoms with Gasteiger partial charge in [-0.3, -0.25) is 9.89 Å². The van der Waals surface area contributed by atoms with Gasteiger partial charge in [0.15, 0.2) is 0 Å². The quantitative estimate of drug-likeness (QED) is 0.361. The van der Waals surface area contributed by atoms with Gasteiger partial charge in [0.2, 0.25) is 0 Å². The summed E-state index contributed by atoms with van der Waals surface area (Å²) in [4.78, 5) is 13.6. The van der Waals surface area contributed by atoms with Crippen LogP contribution in [0.2, 0.25) is 0 Å². The highest BCUT2D eigenvalue weighted by Crippen LogP contribution is 2.35. The van der Waals surface area contributed by atoms with E-state index in [0.717, 1.165) is 33.0 Å². The first-order valence-corrected chi connectivity index (χ1v) is 12.6. The van der Waals surface area contributed by atoms with E-state index < -0.39 is 0 Å². The molecule has 0 saturated carbocycles. The summed E-state index contributed by atoms with van der Waals surface area (Å²) in [5.41, 5.74) is 3.56. The SMILES string of the molecule is CC(C)c1cc(C(=O)NC2C=c3cn[nH]c3=CC2)c(OCc2ccccc2)cc1OCc1ccccc1. The maximum absolute atomic E-state index is 13.6. The number of ether oxygens (including phenoxy) is 2. The molecule has 1 atom stereocenters. The van der Waals surface area contributed by atoms with Crippen LogP contribution in [0, 0.1) is 0 Å². The van der Waals surface area contributed by atoms with E-state index in [4.69, 9.17) is 9.47 Å². The van der Waals surface area contributed by atoms with E-state index in [1.807, 2.05) is 78.9 Å². The topological polar surface area (TPSA) is 76.2 Å². The Bertz CT molecular complexity index is 1480. The van der Waals surface area contributed by atoms with Gasteiger partial charge in [0, 0.05) is 11.3 Å². The van der Waals surface area contributed by atoms with Crippen LogP contribution in [0.25, 0.3) is 12.2 Å². The van der Waals surface area contributed by atoms with Crippen LogP contribution in [-0.2, 0) is 13.2 Å². The molecule has 1 aromatic heterocycles. The zero-order chi connectivity index (χ0) is 25.6. The van der Waals surface area contributed by atoms with Crippen LogP contribution in [0.3, 0.4) is 0 Å². The molecule has 0 bridgehead atoms. The summed E-state index contributed by atoms with van der Waals surface area (Å²) in [5.74, 6) is 1.20. The zero-order valence-electron chi connectivity index (χ0n) is 21.1. The fourth-order valence-corrected chi connectivity index (χ4v) is 4.40. The molecular weight excluding hydrogens is 462 g/mol. The first-order valence-electron chi connectivity index (χ1n) is 12.6. The molecule has 0 spiro atoms. The Hall–Kier alpha value is -4.32. The molecule has 6 heteroatoms. The van der Waals surface area contributed by atoms with Crippen LogP contribution in [0.15, 0.2) is 79.0 Å². The third kappa shape index (κ3) is 5.92. The van der Waals surface area contributed by atoms with Gasteiger partial charge in [-0.1, -0.05) is 86.7 Å². The van der Waals surface area contributed by atoms with Gasteiger partial charge in [-0.25, -0.2) is 0 Å². The molecule has 0 radical (unpaired) electrons. The minimum Gasteiger partial charge on any atom is -0.488 e. The Balaban J connectivity index is 1.45. The average molecular weight is 494 g/mol. The smallest absolute Gasteiger partial charge is 0.255 e. The van der Waals surface area contributed by atoms with E-state index in [1.54, 1.807) is 6.20 Å². The number of amides is 1. The second-order valence-electron chi connectivity index (χ2n) is 9.51. The molecule has 1 amide bonds. The summed E-state index contributed by atoms with van der Waals surface area (Å²) in [6, 6.07) is 23.6. The van der Waals surface area contributed by atoms with Crippen molar-refractivity contribution in [3.05, 3.63) is 112 Å². The lowest BCUT2D eigenvalue weighted by atomic mass is 9.98. The molecule has 1 heterocycles. The third-order valence-corrected chi connectivity index (χ3v) is 6.43. The average Bonchev–Trinajstić information content (AvgIpc) is 3.39. The number of hydrogen-bond acceptors (Lipinski definition) is 4. The van der Waals surface area contributed by atoms with Crippen molar-refractivity contribution in [3.8, 4) is 11.5 Å². The lowest BCUT2D eigenvalue weighted by Gasteiger charge is -2.21. The van der Waals surface area contributed by atoms with Crippen LogP contribution in [0.1, 0.15) is 53.2 Å². The highest BCUT2D eigenvalue weighted by molar-refractivity contribution is 5.98. The van der Waals surface area contributed by atoms with E-state index in [1.165, 1.54) is 0 Å². The summed E-state index contributed by atoms with van der Waals surface area (Å²) >= 11 is 0. The number of nitrogens with one attached hydrogen (secondary N) is 2. The predicted octanol–water partition coefficient (Wildman–Crippen LogP) is 4.45. The van der Waals surface area contributed by atoms with Gasteiger partial charge in [-0.2, -0.15) is 5.10 Å². The standard InChI is InChI=1S/C31H31N3O3/c1-21(2)26-16-27(31(35)33-25-13-14-28-24(15-25)18-32-34-28)30(37-20-23-11-7-4-8-12-23)17-29(26)36-19-22-9-5-3-6-10-22/h3-12,14-18,21,25,34H,13,19-20H2,1-2H3,(H,33,35). The van der Waals surface area contributed by atoms with E-state index in [2.05, 4.69) is 35.4 Å². The molecular formula is C31H31N3O3. The van der Waals surface area contributed by atoms with Crippen molar-refractivity contribution in [2.24, 2.45) is 0 Å². The Morgan fingerprint density at radius 1 is 0.973 bits per heavy atom. The zero-order valence-corrected chi connectivity index (χ0v) is 21.1. The Kier molecular flexibility index (Phi) is 7.36. The van der Waals surface area contributed by atoms with Crippen molar-refractivity contribution in [1.82, 2.24) is 15.5 Å². The molecule has 2 N–H and O–H groups in total. The molecule has 37 heavy (non-hydrogen) atoms. The molecule has 1 aliphatic carbocycles. The molecule has 4 aromatic rings. The Labute approximate surface area is 216 Å². The van der Waals surface area contributed by atoms with Crippen LogP contribution < -0.4 is 25.4 Å². The number of carbonyl (C=O) groups is 1. The molecule has 6 nitrogen and oxygen atoms in total. The first kappa shape index (κ1) is 24.4. The lowest BCUT2D eigenvalue weighted by Crippen LogP contribution is -2.39. The summed E-state index contributed by atoms with van der Waals surface area (Å²) in [5, 5.41) is 12.2. The molecule has 1 aliphatic rings. The summed E-state index contributed by atoms with van der Waals surface area (Å²) < 4.78 is 12.5. The summed E-state index contributed by atoms with van der Waals surface area (Å²) in [6.07, 6.45) is 6.55. The molecule has 188 valence electrons. The highest BCUT2D eigenvalue weighted by atomic mass is 16.5. The lowest BCUT2D eigenvalue weighted by molar-refractivity contribution is 0.0942. The van der Waals surface area contributed by atoms with Gasteiger partial charge in [-0.05, 0) is 35.1 Å².